The number of anilines is 1. The topological polar surface area (TPSA) is 100 Å². The van der Waals surface area contributed by atoms with Gasteiger partial charge in [0.15, 0.2) is 12.4 Å². The van der Waals surface area contributed by atoms with Crippen LogP contribution in [0.4, 0.5) is 5.82 Å². The second kappa shape index (κ2) is 10.3. The van der Waals surface area contributed by atoms with Crippen LogP contribution in [0.2, 0.25) is 5.02 Å². The molecule has 2 aromatic carbocycles. The Morgan fingerprint density at radius 1 is 1.19 bits per heavy atom. The van der Waals surface area contributed by atoms with Gasteiger partial charge in [0, 0.05) is 24.4 Å². The van der Waals surface area contributed by atoms with Crippen LogP contribution in [-0.4, -0.2) is 51.6 Å². The smallest absolute Gasteiger partial charge is 0.276 e. The Balaban J connectivity index is 1.15. The molecule has 1 saturated heterocycles. The fourth-order valence-corrected chi connectivity index (χ4v) is 5.52. The first-order valence-electron chi connectivity index (χ1n) is 11.8. The first-order chi connectivity index (χ1) is 17.4. The molecular weight excluding hydrogens is 498 g/mol. The highest BCUT2D eigenvalue weighted by molar-refractivity contribution is 7.10. The summed E-state index contributed by atoms with van der Waals surface area (Å²) in [6.45, 7) is 5.37. The molecule has 10 heteroatoms. The Kier molecular flexibility index (Phi) is 6.93. The van der Waals surface area contributed by atoms with Crippen LogP contribution in [0.25, 0.3) is 10.9 Å². The molecule has 0 bridgehead atoms. The van der Waals surface area contributed by atoms with E-state index in [0.717, 1.165) is 28.9 Å². The number of thiazole rings is 1. The molecule has 1 aliphatic rings. The highest BCUT2D eigenvalue weighted by atomic mass is 35.5. The van der Waals surface area contributed by atoms with Gasteiger partial charge in [-0.25, -0.2) is 4.98 Å². The van der Waals surface area contributed by atoms with Crippen molar-refractivity contribution in [1.82, 2.24) is 20.1 Å². The molecule has 1 fully saturated rings. The minimum absolute atomic E-state index is 0.0178. The summed E-state index contributed by atoms with van der Waals surface area (Å²) in [5.41, 5.74) is 3.42. The maximum Gasteiger partial charge on any atom is 0.276 e. The van der Waals surface area contributed by atoms with Gasteiger partial charge in [0.05, 0.1) is 20.9 Å². The number of rotatable bonds is 6. The van der Waals surface area contributed by atoms with E-state index in [1.54, 1.807) is 11.4 Å². The van der Waals surface area contributed by atoms with Gasteiger partial charge in [0.25, 0.3) is 11.8 Å². The lowest BCUT2D eigenvalue weighted by Gasteiger charge is -2.31. The van der Waals surface area contributed by atoms with Crippen molar-refractivity contribution >= 4 is 51.5 Å². The summed E-state index contributed by atoms with van der Waals surface area (Å²) in [4.78, 5) is 31.9. The molecule has 36 heavy (non-hydrogen) atoms. The minimum atomic E-state index is -0.332. The van der Waals surface area contributed by atoms with Crippen LogP contribution in [0.3, 0.4) is 0 Å². The molecule has 4 aromatic rings. The third kappa shape index (κ3) is 5.08. The average molecular weight is 524 g/mol. The zero-order valence-corrected chi connectivity index (χ0v) is 21.6. The molecular formula is C26H26ClN5O3S. The van der Waals surface area contributed by atoms with Crippen LogP contribution in [0.15, 0.2) is 41.8 Å². The average Bonchev–Trinajstić information content (AvgIpc) is 3.53. The van der Waals surface area contributed by atoms with E-state index < -0.39 is 0 Å². The number of carbonyl (C=O) groups is 2. The molecule has 0 unspecified atom stereocenters. The van der Waals surface area contributed by atoms with Gasteiger partial charge in [0.1, 0.15) is 11.4 Å². The summed E-state index contributed by atoms with van der Waals surface area (Å²) < 4.78 is 5.71. The van der Waals surface area contributed by atoms with Crippen molar-refractivity contribution in [1.29, 1.82) is 0 Å². The number of aromatic amines is 1. The molecule has 186 valence electrons. The predicted molar refractivity (Wildman–Crippen MR) is 141 cm³/mol. The number of hydrogen-bond donors (Lipinski definition) is 2. The second-order valence-corrected chi connectivity index (χ2v) is 10.2. The van der Waals surface area contributed by atoms with Crippen molar-refractivity contribution in [3.63, 3.8) is 0 Å². The van der Waals surface area contributed by atoms with Gasteiger partial charge in [-0.2, -0.15) is 5.10 Å². The number of carbonyl (C=O) groups excluding carboxylic acids is 2. The second-order valence-electron chi connectivity index (χ2n) is 8.95. The quantitative estimate of drug-likeness (QED) is 0.356. The van der Waals surface area contributed by atoms with Crippen LogP contribution >= 0.6 is 22.9 Å². The Bertz CT molecular complexity index is 1420. The number of piperidine rings is 1. The van der Waals surface area contributed by atoms with Gasteiger partial charge in [-0.1, -0.05) is 23.7 Å². The summed E-state index contributed by atoms with van der Waals surface area (Å²) in [7, 11) is 0. The number of halogens is 1. The van der Waals surface area contributed by atoms with E-state index in [4.69, 9.17) is 16.3 Å². The fraction of sp³-hybridized carbons (Fsp3) is 0.308. The fourth-order valence-electron chi connectivity index (χ4n) is 4.29. The lowest BCUT2D eigenvalue weighted by Crippen LogP contribution is -2.40. The van der Waals surface area contributed by atoms with Gasteiger partial charge < -0.3 is 15.0 Å². The van der Waals surface area contributed by atoms with Crippen LogP contribution < -0.4 is 10.1 Å². The van der Waals surface area contributed by atoms with Crippen molar-refractivity contribution in [2.24, 2.45) is 0 Å². The van der Waals surface area contributed by atoms with E-state index in [-0.39, 0.29) is 24.3 Å². The Hall–Kier alpha value is -3.43. The zero-order valence-electron chi connectivity index (χ0n) is 20.0. The molecule has 0 radical (unpaired) electrons. The maximum absolute atomic E-state index is 12.8. The summed E-state index contributed by atoms with van der Waals surface area (Å²) in [6.07, 6.45) is 1.59. The molecule has 1 aliphatic heterocycles. The number of ether oxygens (including phenoxy) is 1. The number of aromatic nitrogens is 3. The zero-order chi connectivity index (χ0) is 25.2. The van der Waals surface area contributed by atoms with Gasteiger partial charge in [-0.3, -0.25) is 14.7 Å². The number of amides is 2. The van der Waals surface area contributed by atoms with E-state index in [1.807, 2.05) is 49.1 Å². The molecule has 8 nitrogen and oxygen atoms in total. The largest absolute Gasteiger partial charge is 0.484 e. The molecule has 2 N–H and O–H groups in total. The van der Waals surface area contributed by atoms with Crippen LogP contribution in [0, 0.1) is 13.8 Å². The molecule has 0 aliphatic carbocycles. The van der Waals surface area contributed by atoms with E-state index in [1.165, 1.54) is 16.9 Å². The van der Waals surface area contributed by atoms with Crippen molar-refractivity contribution in [3.05, 3.63) is 68.6 Å². The molecule has 0 atom stereocenters. The summed E-state index contributed by atoms with van der Waals surface area (Å²) >= 11 is 7.74. The minimum Gasteiger partial charge on any atom is -0.484 e. The third-order valence-electron chi connectivity index (χ3n) is 6.56. The normalized spacial score (nSPS) is 14.2. The third-order valence-corrected chi connectivity index (χ3v) is 7.88. The summed E-state index contributed by atoms with van der Waals surface area (Å²) in [6, 6.07) is 11.3. The van der Waals surface area contributed by atoms with E-state index in [2.05, 4.69) is 20.5 Å². The van der Waals surface area contributed by atoms with E-state index >= 15 is 0 Å². The monoisotopic (exact) mass is 523 g/mol. The predicted octanol–water partition coefficient (Wildman–Crippen LogP) is 5.33. The molecule has 2 aromatic heterocycles. The number of fused-ring (bicyclic) bond motifs is 1. The molecule has 0 spiro atoms. The first kappa shape index (κ1) is 24.3. The lowest BCUT2D eigenvalue weighted by atomic mass is 9.97. The maximum atomic E-state index is 12.8. The standard InChI is InChI=1S/C26H26ClN5O3S/c1-15-6-7-18(12-16(15)2)35-13-22(33)32-10-8-17(9-11-32)26-28-21(14-36-26)25(34)29-24-23-19(27)4-3-5-20(23)30-31-24/h3-7,12,14,17H,8-11,13H2,1-2H3,(H2,29,30,31,34). The van der Waals surface area contributed by atoms with E-state index in [9.17, 15) is 9.59 Å². The number of H-pyrrole nitrogens is 1. The van der Waals surface area contributed by atoms with Crippen LogP contribution in [0.5, 0.6) is 5.75 Å². The summed E-state index contributed by atoms with van der Waals surface area (Å²) in [5, 5.41) is 13.7. The highest BCUT2D eigenvalue weighted by Gasteiger charge is 2.27. The number of likely N-dealkylation sites (tertiary alicyclic amines) is 1. The van der Waals surface area contributed by atoms with Gasteiger partial charge in [-0.15, -0.1) is 11.3 Å². The molecule has 3 heterocycles. The summed E-state index contributed by atoms with van der Waals surface area (Å²) in [5.74, 6) is 0.949. The van der Waals surface area contributed by atoms with Crippen LogP contribution in [0.1, 0.15) is 45.4 Å². The van der Waals surface area contributed by atoms with Gasteiger partial charge in [-0.05, 0) is 62.1 Å². The lowest BCUT2D eigenvalue weighted by molar-refractivity contribution is -0.134. The first-order valence-corrected chi connectivity index (χ1v) is 13.0. The van der Waals surface area contributed by atoms with Crippen molar-refractivity contribution < 1.29 is 14.3 Å². The number of aryl methyl sites for hydroxylation is 2. The van der Waals surface area contributed by atoms with E-state index in [0.29, 0.717) is 40.8 Å². The number of nitrogens with zero attached hydrogens (tertiary/aromatic N) is 3. The van der Waals surface area contributed by atoms with Crippen molar-refractivity contribution in [2.75, 3.05) is 25.0 Å². The number of benzene rings is 2. The number of nitrogens with one attached hydrogen (secondary N) is 2. The Morgan fingerprint density at radius 3 is 2.78 bits per heavy atom. The Labute approximate surface area is 217 Å². The van der Waals surface area contributed by atoms with Crippen molar-refractivity contribution in [2.45, 2.75) is 32.6 Å². The number of hydrogen-bond acceptors (Lipinski definition) is 6. The van der Waals surface area contributed by atoms with Crippen molar-refractivity contribution in [3.8, 4) is 5.75 Å². The molecule has 2 amide bonds. The Morgan fingerprint density at radius 2 is 2.00 bits per heavy atom. The highest BCUT2D eigenvalue weighted by Crippen LogP contribution is 2.32. The molecule has 5 rings (SSSR count). The van der Waals surface area contributed by atoms with Gasteiger partial charge in [0.2, 0.25) is 0 Å². The van der Waals surface area contributed by atoms with Crippen LogP contribution in [-0.2, 0) is 4.79 Å². The molecule has 0 saturated carbocycles. The van der Waals surface area contributed by atoms with Gasteiger partial charge >= 0.3 is 0 Å². The SMILES string of the molecule is Cc1ccc(OCC(=O)N2CCC(c3nc(C(=O)Nc4n[nH]c5cccc(Cl)c45)cs3)CC2)cc1C.